The van der Waals surface area contributed by atoms with E-state index in [1.165, 1.54) is 5.56 Å². The van der Waals surface area contributed by atoms with Crippen molar-refractivity contribution >= 4 is 11.5 Å². The Morgan fingerprint density at radius 3 is 2.19 bits per heavy atom. The maximum absolute atomic E-state index is 9.46. The van der Waals surface area contributed by atoms with Gasteiger partial charge in [-0.1, -0.05) is 36.4 Å². The van der Waals surface area contributed by atoms with E-state index in [0.29, 0.717) is 0 Å². The van der Waals surface area contributed by atoms with Crippen molar-refractivity contribution in [2.24, 2.45) is 0 Å². The molecular weight excluding hydrogens is 260 g/mol. The lowest BCUT2D eigenvalue weighted by Gasteiger charge is -2.24. The Labute approximate surface area is 124 Å². The molecule has 3 aromatic rings. The van der Waals surface area contributed by atoms with E-state index in [4.69, 9.17) is 0 Å². The van der Waals surface area contributed by atoms with E-state index in [1.54, 1.807) is 18.3 Å². The first-order valence-electron chi connectivity index (χ1n) is 6.84. The first kappa shape index (κ1) is 13.2. The minimum atomic E-state index is 0.263. The third kappa shape index (κ3) is 3.20. The van der Waals surface area contributed by atoms with Gasteiger partial charge in [-0.15, -0.1) is 0 Å². The van der Waals surface area contributed by atoms with Crippen LogP contribution >= 0.6 is 0 Å². The molecule has 0 unspecified atom stereocenters. The number of anilines is 2. The predicted molar refractivity (Wildman–Crippen MR) is 84.6 cm³/mol. The second kappa shape index (κ2) is 6.09. The van der Waals surface area contributed by atoms with Gasteiger partial charge in [0.15, 0.2) is 0 Å². The summed E-state index contributed by atoms with van der Waals surface area (Å²) in [6.45, 7) is 0.725. The fourth-order valence-electron chi connectivity index (χ4n) is 2.22. The van der Waals surface area contributed by atoms with Crippen molar-refractivity contribution in [2.75, 3.05) is 4.90 Å². The first-order chi connectivity index (χ1) is 10.3. The number of aromatic nitrogens is 1. The zero-order valence-corrected chi connectivity index (χ0v) is 11.6. The maximum atomic E-state index is 9.46. The zero-order chi connectivity index (χ0) is 14.5. The van der Waals surface area contributed by atoms with Crippen LogP contribution in [0.1, 0.15) is 5.56 Å². The number of phenols is 1. The van der Waals surface area contributed by atoms with Crippen molar-refractivity contribution in [3.63, 3.8) is 0 Å². The highest BCUT2D eigenvalue weighted by molar-refractivity contribution is 5.60. The summed E-state index contributed by atoms with van der Waals surface area (Å²) in [6.07, 6.45) is 1.79. The molecule has 104 valence electrons. The molecule has 0 saturated carbocycles. The fraction of sp³-hybridized carbons (Fsp3) is 0.0556. The van der Waals surface area contributed by atoms with Crippen LogP contribution in [0.25, 0.3) is 0 Å². The van der Waals surface area contributed by atoms with Crippen LogP contribution in [-0.4, -0.2) is 10.1 Å². The third-order valence-corrected chi connectivity index (χ3v) is 3.27. The first-order valence-corrected chi connectivity index (χ1v) is 6.84. The molecule has 0 aliphatic rings. The zero-order valence-electron chi connectivity index (χ0n) is 11.6. The molecule has 0 amide bonds. The van der Waals surface area contributed by atoms with Crippen LogP contribution < -0.4 is 4.90 Å². The molecule has 0 aliphatic heterocycles. The van der Waals surface area contributed by atoms with Crippen LogP contribution in [0.2, 0.25) is 0 Å². The SMILES string of the molecule is Oc1ccc(N(Cc2ccccc2)c2ccccn2)cc1. The molecule has 3 nitrogen and oxygen atoms in total. The Hall–Kier alpha value is -2.81. The molecule has 0 radical (unpaired) electrons. The average Bonchev–Trinajstić information content (AvgIpc) is 2.55. The van der Waals surface area contributed by atoms with Crippen molar-refractivity contribution in [1.29, 1.82) is 0 Å². The van der Waals surface area contributed by atoms with E-state index in [0.717, 1.165) is 18.1 Å². The van der Waals surface area contributed by atoms with Crippen molar-refractivity contribution < 1.29 is 5.11 Å². The van der Waals surface area contributed by atoms with Gasteiger partial charge >= 0.3 is 0 Å². The van der Waals surface area contributed by atoms with Gasteiger partial charge in [0.2, 0.25) is 0 Å². The lowest BCUT2D eigenvalue weighted by Crippen LogP contribution is -2.17. The summed E-state index contributed by atoms with van der Waals surface area (Å²) < 4.78 is 0. The number of phenolic OH excluding ortho intramolecular Hbond substituents is 1. The molecule has 21 heavy (non-hydrogen) atoms. The van der Waals surface area contributed by atoms with Crippen molar-refractivity contribution in [2.45, 2.75) is 6.54 Å². The highest BCUT2D eigenvalue weighted by Gasteiger charge is 2.11. The Bertz CT molecular complexity index is 681. The van der Waals surface area contributed by atoms with E-state index in [9.17, 15) is 5.11 Å². The van der Waals surface area contributed by atoms with Gasteiger partial charge in [0.05, 0.1) is 0 Å². The van der Waals surface area contributed by atoms with Crippen molar-refractivity contribution in [3.05, 3.63) is 84.6 Å². The Morgan fingerprint density at radius 1 is 0.810 bits per heavy atom. The van der Waals surface area contributed by atoms with Gasteiger partial charge in [-0.05, 0) is 42.0 Å². The van der Waals surface area contributed by atoms with Gasteiger partial charge in [-0.3, -0.25) is 0 Å². The molecule has 3 rings (SSSR count). The number of nitrogens with zero attached hydrogens (tertiary/aromatic N) is 2. The average molecular weight is 276 g/mol. The molecule has 1 heterocycles. The van der Waals surface area contributed by atoms with Crippen LogP contribution in [0.4, 0.5) is 11.5 Å². The topological polar surface area (TPSA) is 36.4 Å². The van der Waals surface area contributed by atoms with Gasteiger partial charge in [0.25, 0.3) is 0 Å². The number of hydrogen-bond acceptors (Lipinski definition) is 3. The standard InChI is InChI=1S/C18H16N2O/c21-17-11-9-16(10-12-17)20(18-8-4-5-13-19-18)14-15-6-2-1-3-7-15/h1-13,21H,14H2. The molecule has 3 heteroatoms. The van der Waals surface area contributed by atoms with Crippen molar-refractivity contribution in [3.8, 4) is 5.75 Å². The number of aromatic hydroxyl groups is 1. The van der Waals surface area contributed by atoms with Gasteiger partial charge in [-0.25, -0.2) is 4.98 Å². The summed E-state index contributed by atoms with van der Waals surface area (Å²) in [4.78, 5) is 6.56. The Balaban J connectivity index is 1.97. The van der Waals surface area contributed by atoms with Gasteiger partial charge in [-0.2, -0.15) is 0 Å². The molecule has 2 aromatic carbocycles. The Morgan fingerprint density at radius 2 is 1.52 bits per heavy atom. The second-order valence-corrected chi connectivity index (χ2v) is 4.78. The predicted octanol–water partition coefficient (Wildman–Crippen LogP) is 4.13. The Kier molecular flexibility index (Phi) is 3.83. The normalized spacial score (nSPS) is 10.3. The molecule has 0 aliphatic carbocycles. The molecule has 0 bridgehead atoms. The lowest BCUT2D eigenvalue weighted by molar-refractivity contribution is 0.475. The minimum Gasteiger partial charge on any atom is -0.508 e. The van der Waals surface area contributed by atoms with Crippen LogP contribution in [0, 0.1) is 0 Å². The molecule has 1 aromatic heterocycles. The van der Waals surface area contributed by atoms with Crippen LogP contribution in [-0.2, 0) is 6.54 Å². The minimum absolute atomic E-state index is 0.263. The summed E-state index contributed by atoms with van der Waals surface area (Å²) >= 11 is 0. The number of benzene rings is 2. The van der Waals surface area contributed by atoms with Crippen LogP contribution in [0.3, 0.4) is 0 Å². The highest BCUT2D eigenvalue weighted by Crippen LogP contribution is 2.27. The maximum Gasteiger partial charge on any atom is 0.133 e. The summed E-state index contributed by atoms with van der Waals surface area (Å²) in [7, 11) is 0. The molecule has 0 saturated heterocycles. The van der Waals surface area contributed by atoms with E-state index >= 15 is 0 Å². The number of pyridine rings is 1. The monoisotopic (exact) mass is 276 g/mol. The van der Waals surface area contributed by atoms with Gasteiger partial charge in [0, 0.05) is 18.4 Å². The van der Waals surface area contributed by atoms with E-state index in [-0.39, 0.29) is 5.75 Å². The molecule has 0 fully saturated rings. The van der Waals surface area contributed by atoms with Gasteiger partial charge in [0.1, 0.15) is 11.6 Å². The quantitative estimate of drug-likeness (QED) is 0.778. The largest absolute Gasteiger partial charge is 0.508 e. The van der Waals surface area contributed by atoms with E-state index < -0.39 is 0 Å². The van der Waals surface area contributed by atoms with E-state index in [2.05, 4.69) is 22.0 Å². The lowest BCUT2D eigenvalue weighted by atomic mass is 10.2. The highest BCUT2D eigenvalue weighted by atomic mass is 16.3. The third-order valence-electron chi connectivity index (χ3n) is 3.27. The van der Waals surface area contributed by atoms with Gasteiger partial charge < -0.3 is 10.0 Å². The summed E-state index contributed by atoms with van der Waals surface area (Å²) in [5, 5.41) is 9.46. The molecular formula is C18H16N2O. The van der Waals surface area contributed by atoms with Crippen LogP contribution in [0.15, 0.2) is 79.0 Å². The van der Waals surface area contributed by atoms with Crippen molar-refractivity contribution in [1.82, 2.24) is 4.98 Å². The second-order valence-electron chi connectivity index (χ2n) is 4.78. The summed E-state index contributed by atoms with van der Waals surface area (Å²) in [6, 6.07) is 23.3. The summed E-state index contributed by atoms with van der Waals surface area (Å²) in [5.41, 5.74) is 2.20. The molecule has 1 N–H and O–H groups in total. The van der Waals surface area contributed by atoms with E-state index in [1.807, 2.05) is 48.5 Å². The number of hydrogen-bond donors (Lipinski definition) is 1. The molecule has 0 spiro atoms. The summed E-state index contributed by atoms with van der Waals surface area (Å²) in [5.74, 6) is 1.14. The number of rotatable bonds is 4. The molecule has 0 atom stereocenters. The van der Waals surface area contributed by atoms with Crippen LogP contribution in [0.5, 0.6) is 5.75 Å². The fourth-order valence-corrected chi connectivity index (χ4v) is 2.22. The smallest absolute Gasteiger partial charge is 0.133 e.